The quantitative estimate of drug-likeness (QED) is 0.380. The van der Waals surface area contributed by atoms with E-state index in [1.165, 1.54) is 6.92 Å². The molecule has 0 aromatic carbocycles. The Hall–Kier alpha value is -2.27. The molecule has 0 aromatic heterocycles. The van der Waals surface area contributed by atoms with E-state index in [0.29, 0.717) is 0 Å². The highest BCUT2D eigenvalue weighted by molar-refractivity contribution is 8.04. The average Bonchev–Trinajstić information content (AvgIpc) is 2.65. The van der Waals surface area contributed by atoms with Crippen molar-refractivity contribution in [2.75, 3.05) is 6.79 Å². The second-order valence-electron chi connectivity index (χ2n) is 5.29. The zero-order valence-electron chi connectivity index (χ0n) is 13.1. The predicted molar refractivity (Wildman–Crippen MR) is 78.4 cm³/mol. The van der Waals surface area contributed by atoms with E-state index in [0.717, 1.165) is 23.6 Å². The summed E-state index contributed by atoms with van der Waals surface area (Å²) in [6.45, 7) is 3.51. The molecule has 2 rings (SSSR count). The van der Waals surface area contributed by atoms with Gasteiger partial charge in [-0.2, -0.15) is 0 Å². The van der Waals surface area contributed by atoms with Crippen LogP contribution in [0.1, 0.15) is 20.8 Å². The van der Waals surface area contributed by atoms with Gasteiger partial charge in [0.25, 0.3) is 0 Å². The van der Waals surface area contributed by atoms with E-state index in [1.54, 1.807) is 6.92 Å². The van der Waals surface area contributed by atoms with Crippen molar-refractivity contribution < 1.29 is 38.5 Å². The fraction of sp³-hybridized carbons (Fsp3) is 0.538. The third-order valence-electron chi connectivity index (χ3n) is 3.55. The lowest BCUT2D eigenvalue weighted by Crippen LogP contribution is -2.68. The fourth-order valence-electron chi connectivity index (χ4n) is 2.65. The number of esters is 2. The molecule has 10 nitrogen and oxygen atoms in total. The number of carbonyl (C=O) groups is 4. The third kappa shape index (κ3) is 2.91. The van der Waals surface area contributed by atoms with Crippen LogP contribution in [0.15, 0.2) is 10.8 Å². The molecular formula is C13H16N2O8S. The lowest BCUT2D eigenvalue weighted by atomic mass is 9.83. The van der Waals surface area contributed by atoms with Crippen LogP contribution in [0.2, 0.25) is 0 Å². The van der Waals surface area contributed by atoms with Gasteiger partial charge in [0.2, 0.25) is 12.7 Å². The molecule has 0 radical (unpaired) electrons. The van der Waals surface area contributed by atoms with Crippen LogP contribution in [-0.4, -0.2) is 51.7 Å². The van der Waals surface area contributed by atoms with Crippen LogP contribution < -0.4 is 5.73 Å². The van der Waals surface area contributed by atoms with E-state index >= 15 is 0 Å². The normalized spacial score (nSPS) is 26.4. The van der Waals surface area contributed by atoms with Gasteiger partial charge >= 0.3 is 18.0 Å². The number of primary amides is 1. The molecule has 0 spiro atoms. The molecule has 1 fully saturated rings. The Labute approximate surface area is 140 Å². The number of fused-ring (bicyclic) bond motifs is 1. The van der Waals surface area contributed by atoms with Crippen molar-refractivity contribution in [3.05, 3.63) is 10.8 Å². The summed E-state index contributed by atoms with van der Waals surface area (Å²) in [7, 11) is 0. The molecule has 2 aliphatic heterocycles. The molecule has 132 valence electrons. The number of ether oxygens (including phenoxy) is 3. The van der Waals surface area contributed by atoms with E-state index in [9.17, 15) is 24.3 Å². The number of aliphatic hydroxyl groups excluding tert-OH is 1. The number of carbonyl (C=O) groups excluding carboxylic acids is 4. The monoisotopic (exact) mass is 360 g/mol. The Kier molecular flexibility index (Phi) is 4.76. The summed E-state index contributed by atoms with van der Waals surface area (Å²) in [5.41, 5.74) is 4.65. The summed E-state index contributed by atoms with van der Waals surface area (Å²) in [5, 5.41) is 9.55. The first-order valence-electron chi connectivity index (χ1n) is 6.82. The summed E-state index contributed by atoms with van der Waals surface area (Å²) >= 11 is 0.901. The van der Waals surface area contributed by atoms with Gasteiger partial charge in [-0.05, 0) is 13.8 Å². The molecule has 2 heterocycles. The number of hydrogen-bond donors (Lipinski definition) is 2. The summed E-state index contributed by atoms with van der Waals surface area (Å²) in [6, 6.07) is 0. The molecule has 0 aliphatic carbocycles. The van der Waals surface area contributed by atoms with Crippen molar-refractivity contribution >= 4 is 35.7 Å². The van der Waals surface area contributed by atoms with E-state index < -0.39 is 47.6 Å². The minimum absolute atomic E-state index is 0.214. The number of nitrogens with two attached hydrogens (primary N) is 1. The zero-order valence-corrected chi connectivity index (χ0v) is 13.9. The van der Waals surface area contributed by atoms with Gasteiger partial charge in [0.05, 0.1) is 12.0 Å². The number of nitrogens with zero attached hydrogens (tertiary/aromatic N) is 1. The van der Waals surface area contributed by atoms with Crippen molar-refractivity contribution in [1.82, 2.24) is 4.90 Å². The van der Waals surface area contributed by atoms with Crippen LogP contribution in [0.4, 0.5) is 4.79 Å². The molecule has 3 atom stereocenters. The van der Waals surface area contributed by atoms with Gasteiger partial charge in [0.1, 0.15) is 4.87 Å². The number of thioether (sulfide) groups is 1. The van der Waals surface area contributed by atoms with Gasteiger partial charge in [-0.25, -0.2) is 9.59 Å². The Morgan fingerprint density at radius 2 is 2.04 bits per heavy atom. The molecule has 2 aliphatic rings. The zero-order chi connectivity index (χ0) is 18.2. The lowest BCUT2D eigenvalue weighted by molar-refractivity contribution is -0.172. The number of rotatable bonds is 5. The fourth-order valence-corrected chi connectivity index (χ4v) is 4.12. The van der Waals surface area contributed by atoms with Crippen LogP contribution in [0.5, 0.6) is 0 Å². The average molecular weight is 360 g/mol. The highest BCUT2D eigenvalue weighted by Crippen LogP contribution is 2.58. The molecule has 3 N–H and O–H groups in total. The Morgan fingerprint density at radius 1 is 1.42 bits per heavy atom. The molecule has 1 saturated heterocycles. The van der Waals surface area contributed by atoms with Crippen LogP contribution >= 0.6 is 11.8 Å². The molecule has 0 saturated carbocycles. The second-order valence-corrected chi connectivity index (χ2v) is 6.69. The van der Waals surface area contributed by atoms with E-state index in [-0.39, 0.29) is 10.8 Å². The largest absolute Gasteiger partial charge is 0.428 e. The van der Waals surface area contributed by atoms with Crippen LogP contribution in [-0.2, 0) is 28.6 Å². The van der Waals surface area contributed by atoms with Gasteiger partial charge in [-0.1, -0.05) is 11.8 Å². The van der Waals surface area contributed by atoms with E-state index in [1.807, 2.05) is 0 Å². The minimum Gasteiger partial charge on any atom is -0.428 e. The van der Waals surface area contributed by atoms with Gasteiger partial charge < -0.3 is 25.1 Å². The molecule has 0 aromatic rings. The van der Waals surface area contributed by atoms with Crippen LogP contribution in [0.3, 0.4) is 0 Å². The maximum Gasteiger partial charge on any atom is 0.410 e. The Balaban J connectivity index is 2.26. The molecule has 2 amide bonds. The van der Waals surface area contributed by atoms with Crippen LogP contribution in [0.25, 0.3) is 0 Å². The Morgan fingerprint density at radius 3 is 2.54 bits per heavy atom. The number of β-lactam (4-membered cyclic amide) rings is 1. The van der Waals surface area contributed by atoms with Crippen molar-refractivity contribution in [3.8, 4) is 0 Å². The highest BCUT2D eigenvalue weighted by atomic mass is 32.2. The maximum absolute atomic E-state index is 12.3. The SMILES string of the molecule is CC(=O)OCOC(=O)C1=C(OC(N)=O)S[C@]2(C)[C@@H]([C@@H](C)O)C(=O)N12. The Bertz CT molecular complexity index is 646. The second kappa shape index (κ2) is 6.32. The molecule has 24 heavy (non-hydrogen) atoms. The smallest absolute Gasteiger partial charge is 0.410 e. The minimum atomic E-state index is -1.17. The van der Waals surface area contributed by atoms with E-state index in [2.05, 4.69) is 4.74 Å². The summed E-state index contributed by atoms with van der Waals surface area (Å²) in [5.74, 6) is -3.01. The van der Waals surface area contributed by atoms with E-state index in [4.69, 9.17) is 15.2 Å². The first-order chi connectivity index (χ1) is 11.1. The summed E-state index contributed by atoms with van der Waals surface area (Å²) in [6.07, 6.45) is -2.15. The molecule has 11 heteroatoms. The standard InChI is InChI=1S/C13H16N2O8S/c1-5(16)7-9(18)15-8(10(19)22-4-21-6(2)17)11(23-12(14)20)24-13(7,15)3/h5,7,16H,4H2,1-3H3,(H2,14,20)/t5-,7+,13-/m1/s1. The van der Waals surface area contributed by atoms with Crippen molar-refractivity contribution in [3.63, 3.8) is 0 Å². The number of aliphatic hydroxyl groups is 1. The van der Waals surface area contributed by atoms with Gasteiger partial charge in [0, 0.05) is 6.92 Å². The maximum atomic E-state index is 12.3. The summed E-state index contributed by atoms with van der Waals surface area (Å²) < 4.78 is 14.0. The van der Waals surface area contributed by atoms with Gasteiger partial charge in [-0.15, -0.1) is 0 Å². The predicted octanol–water partition coefficient (Wildman–Crippen LogP) is -0.383. The molecule has 0 unspecified atom stereocenters. The topological polar surface area (TPSA) is 145 Å². The molecule has 0 bridgehead atoms. The van der Waals surface area contributed by atoms with Crippen LogP contribution in [0, 0.1) is 5.92 Å². The highest BCUT2D eigenvalue weighted by Gasteiger charge is 2.67. The summed E-state index contributed by atoms with van der Waals surface area (Å²) in [4.78, 5) is 46.3. The van der Waals surface area contributed by atoms with Gasteiger partial charge in [-0.3, -0.25) is 14.5 Å². The first-order valence-corrected chi connectivity index (χ1v) is 7.64. The van der Waals surface area contributed by atoms with Crippen molar-refractivity contribution in [2.45, 2.75) is 31.7 Å². The third-order valence-corrected chi connectivity index (χ3v) is 4.86. The number of amides is 2. The van der Waals surface area contributed by atoms with Crippen molar-refractivity contribution in [1.29, 1.82) is 0 Å². The first kappa shape index (κ1) is 18.1. The van der Waals surface area contributed by atoms with Gasteiger partial charge in [0.15, 0.2) is 10.8 Å². The number of hydrogen-bond acceptors (Lipinski definition) is 9. The lowest BCUT2D eigenvalue weighted by Gasteiger charge is -2.51. The van der Waals surface area contributed by atoms with Crippen molar-refractivity contribution in [2.24, 2.45) is 11.7 Å². The molecular weight excluding hydrogens is 344 g/mol.